The lowest BCUT2D eigenvalue weighted by Crippen LogP contribution is -2.36. The molecule has 0 radical (unpaired) electrons. The number of halogens is 4. The normalized spacial score (nSPS) is 21.4. The molecule has 1 aromatic rings. The van der Waals surface area contributed by atoms with Crippen molar-refractivity contribution in [2.75, 3.05) is 0 Å². The minimum absolute atomic E-state index is 0.444. The molecular weight excluding hydrogens is 199 g/mol. The van der Waals surface area contributed by atoms with Crippen molar-refractivity contribution < 1.29 is 22.3 Å². The van der Waals surface area contributed by atoms with E-state index in [0.29, 0.717) is 5.46 Å². The molecule has 0 atom stereocenters. The van der Waals surface area contributed by atoms with Crippen LogP contribution in [0.25, 0.3) is 0 Å². The molecule has 0 amide bonds. The molecule has 0 N–H and O–H groups in total. The Morgan fingerprint density at radius 1 is 1.14 bits per heavy atom. The number of ether oxygens (including phenoxy) is 1. The average Bonchev–Trinajstić information content (AvgIpc) is 2.18. The second-order valence-electron chi connectivity index (χ2n) is 3.19. The fourth-order valence-corrected chi connectivity index (χ4v) is 1.33. The lowest BCUT2D eigenvalue weighted by atomic mass is 9.94. The molecule has 1 aliphatic heterocycles. The van der Waals surface area contributed by atoms with E-state index in [2.05, 4.69) is 4.74 Å². The molecule has 74 valence electrons. The summed E-state index contributed by atoms with van der Waals surface area (Å²) in [4.78, 5) is 0. The lowest BCUT2D eigenvalue weighted by Gasteiger charge is -2.15. The third-order valence-electron chi connectivity index (χ3n) is 2.08. The Labute approximate surface area is 78.1 Å². The van der Waals surface area contributed by atoms with Gasteiger partial charge in [0.1, 0.15) is 13.6 Å². The van der Waals surface area contributed by atoms with Gasteiger partial charge in [-0.05, 0) is 12.1 Å². The summed E-state index contributed by atoms with van der Waals surface area (Å²) >= 11 is 0. The lowest BCUT2D eigenvalue weighted by molar-refractivity contribution is -0.296. The number of fused-ring (bicyclic) bond motifs is 1. The zero-order chi connectivity index (χ0) is 10.6. The highest BCUT2D eigenvalue weighted by Gasteiger charge is 2.66. The van der Waals surface area contributed by atoms with Gasteiger partial charge in [0.05, 0.1) is 5.56 Å². The van der Waals surface area contributed by atoms with E-state index in [9.17, 15) is 17.6 Å². The predicted molar refractivity (Wildman–Crippen MR) is 44.1 cm³/mol. The van der Waals surface area contributed by atoms with E-state index in [1.54, 1.807) is 7.85 Å². The standard InChI is InChI=1S/C8H5BF4O/c9-4-1-2-5-6(3-4)14-8(12,13)7(5,10)11/h1-3H,9H2. The number of alkyl halides is 4. The average molecular weight is 204 g/mol. The number of benzene rings is 1. The third-order valence-corrected chi connectivity index (χ3v) is 2.08. The van der Waals surface area contributed by atoms with Crippen LogP contribution in [0.2, 0.25) is 0 Å². The van der Waals surface area contributed by atoms with Crippen LogP contribution in [-0.4, -0.2) is 14.0 Å². The molecule has 1 heterocycles. The molecule has 1 aromatic carbocycles. The van der Waals surface area contributed by atoms with Crippen LogP contribution in [0.4, 0.5) is 17.6 Å². The maximum atomic E-state index is 13.0. The Balaban J connectivity index is 2.60. The van der Waals surface area contributed by atoms with Gasteiger partial charge < -0.3 is 4.74 Å². The molecule has 0 fully saturated rings. The largest absolute Gasteiger partial charge is 0.469 e. The molecule has 0 spiro atoms. The highest BCUT2D eigenvalue weighted by molar-refractivity contribution is 6.32. The van der Waals surface area contributed by atoms with Gasteiger partial charge in [-0.1, -0.05) is 11.5 Å². The Kier molecular flexibility index (Phi) is 1.63. The Hall–Kier alpha value is -1.20. The van der Waals surface area contributed by atoms with Gasteiger partial charge >= 0.3 is 12.0 Å². The Morgan fingerprint density at radius 3 is 2.43 bits per heavy atom. The summed E-state index contributed by atoms with van der Waals surface area (Å²) in [5.74, 6) is -4.68. The van der Waals surface area contributed by atoms with Gasteiger partial charge in [-0.25, -0.2) is 0 Å². The van der Waals surface area contributed by atoms with Crippen LogP contribution in [-0.2, 0) is 5.92 Å². The first-order valence-electron chi connectivity index (χ1n) is 3.90. The van der Waals surface area contributed by atoms with Crippen molar-refractivity contribution in [1.29, 1.82) is 0 Å². The van der Waals surface area contributed by atoms with Crippen LogP contribution in [0.5, 0.6) is 5.75 Å². The summed E-state index contributed by atoms with van der Waals surface area (Å²) in [5.41, 5.74) is -0.162. The minimum Gasteiger partial charge on any atom is -0.427 e. The SMILES string of the molecule is Bc1ccc2c(c1)OC(F)(F)C2(F)F. The van der Waals surface area contributed by atoms with Crippen molar-refractivity contribution >= 4 is 13.3 Å². The fourth-order valence-electron chi connectivity index (χ4n) is 1.33. The summed E-state index contributed by atoms with van der Waals surface area (Å²) in [7, 11) is 1.61. The summed E-state index contributed by atoms with van der Waals surface area (Å²) in [6.45, 7) is 0. The van der Waals surface area contributed by atoms with Crippen LogP contribution in [0.1, 0.15) is 5.56 Å². The summed E-state index contributed by atoms with van der Waals surface area (Å²) < 4.78 is 55.2. The Bertz CT molecular complexity index is 391. The second-order valence-corrected chi connectivity index (χ2v) is 3.19. The van der Waals surface area contributed by atoms with Crippen LogP contribution < -0.4 is 10.2 Å². The van der Waals surface area contributed by atoms with Crippen LogP contribution in [0.3, 0.4) is 0 Å². The van der Waals surface area contributed by atoms with Crippen molar-refractivity contribution in [2.45, 2.75) is 12.0 Å². The van der Waals surface area contributed by atoms with Crippen molar-refractivity contribution in [2.24, 2.45) is 0 Å². The highest BCUT2D eigenvalue weighted by Crippen LogP contribution is 2.52. The van der Waals surface area contributed by atoms with Gasteiger partial charge in [-0.3, -0.25) is 0 Å². The van der Waals surface area contributed by atoms with E-state index >= 15 is 0 Å². The number of hydrogen-bond donors (Lipinski definition) is 0. The quantitative estimate of drug-likeness (QED) is 0.452. The zero-order valence-corrected chi connectivity index (χ0v) is 7.15. The van der Waals surface area contributed by atoms with Gasteiger partial charge in [0.15, 0.2) is 0 Å². The van der Waals surface area contributed by atoms with Crippen LogP contribution in [0.15, 0.2) is 18.2 Å². The molecule has 0 saturated heterocycles. The first-order chi connectivity index (χ1) is 6.34. The van der Waals surface area contributed by atoms with Gasteiger partial charge in [-0.2, -0.15) is 17.6 Å². The molecule has 0 saturated carbocycles. The number of hydrogen-bond acceptors (Lipinski definition) is 1. The van der Waals surface area contributed by atoms with E-state index in [1.165, 1.54) is 12.1 Å². The molecule has 0 aromatic heterocycles. The van der Waals surface area contributed by atoms with E-state index in [4.69, 9.17) is 0 Å². The van der Waals surface area contributed by atoms with Crippen LogP contribution in [0, 0.1) is 0 Å². The smallest absolute Gasteiger partial charge is 0.427 e. The van der Waals surface area contributed by atoms with Crippen molar-refractivity contribution in [3.8, 4) is 5.75 Å². The van der Waals surface area contributed by atoms with Gasteiger partial charge in [0.25, 0.3) is 0 Å². The highest BCUT2D eigenvalue weighted by atomic mass is 19.3. The molecule has 6 heteroatoms. The maximum absolute atomic E-state index is 13.0. The molecular formula is C8H5BF4O. The molecule has 14 heavy (non-hydrogen) atoms. The maximum Gasteiger partial charge on any atom is 0.469 e. The minimum atomic E-state index is -4.44. The molecule has 1 nitrogen and oxygen atoms in total. The molecule has 0 unspecified atom stereocenters. The van der Waals surface area contributed by atoms with Gasteiger partial charge in [0.2, 0.25) is 0 Å². The van der Waals surface area contributed by atoms with Crippen LogP contribution >= 0.6 is 0 Å². The first-order valence-corrected chi connectivity index (χ1v) is 3.90. The van der Waals surface area contributed by atoms with Crippen molar-refractivity contribution in [3.63, 3.8) is 0 Å². The topological polar surface area (TPSA) is 9.23 Å². The number of rotatable bonds is 0. The molecule has 0 bridgehead atoms. The van der Waals surface area contributed by atoms with E-state index in [0.717, 1.165) is 6.07 Å². The first kappa shape index (κ1) is 9.36. The molecule has 2 rings (SSSR count). The van der Waals surface area contributed by atoms with E-state index in [1.807, 2.05) is 0 Å². The van der Waals surface area contributed by atoms with E-state index in [-0.39, 0.29) is 0 Å². The van der Waals surface area contributed by atoms with Gasteiger partial charge in [0, 0.05) is 0 Å². The second kappa shape index (κ2) is 2.43. The Morgan fingerprint density at radius 2 is 1.79 bits per heavy atom. The fraction of sp³-hybridized carbons (Fsp3) is 0.250. The zero-order valence-electron chi connectivity index (χ0n) is 7.15. The summed E-state index contributed by atoms with van der Waals surface area (Å²) in [6.07, 6.45) is -4.44. The van der Waals surface area contributed by atoms with Gasteiger partial charge in [-0.15, -0.1) is 0 Å². The van der Waals surface area contributed by atoms with Crippen molar-refractivity contribution in [1.82, 2.24) is 0 Å². The monoisotopic (exact) mass is 204 g/mol. The molecule has 0 aliphatic carbocycles. The predicted octanol–water partition coefficient (Wildman–Crippen LogP) is 1.02. The summed E-state index contributed by atoms with van der Waals surface area (Å²) in [6, 6.07) is 3.48. The van der Waals surface area contributed by atoms with Crippen molar-refractivity contribution in [3.05, 3.63) is 23.8 Å². The van der Waals surface area contributed by atoms with E-state index < -0.39 is 23.3 Å². The molecule has 1 aliphatic rings. The third kappa shape index (κ3) is 1.03. The summed E-state index contributed by atoms with van der Waals surface area (Å²) in [5, 5.41) is 0.